The van der Waals surface area contributed by atoms with Crippen molar-refractivity contribution in [2.45, 2.75) is 25.8 Å². The Balaban J connectivity index is 1.58. The second-order valence-electron chi connectivity index (χ2n) is 5.68. The Labute approximate surface area is 117 Å². The number of carbonyl (C=O) groups is 2. The predicted molar refractivity (Wildman–Crippen MR) is 73.3 cm³/mol. The molecule has 1 fully saturated rings. The van der Waals surface area contributed by atoms with Gasteiger partial charge in [0.1, 0.15) is 0 Å². The summed E-state index contributed by atoms with van der Waals surface area (Å²) in [6.07, 6.45) is 2.17. The van der Waals surface area contributed by atoms with Crippen LogP contribution in [0.3, 0.4) is 0 Å². The minimum absolute atomic E-state index is 0.160. The Kier molecular flexibility index (Phi) is 3.12. The van der Waals surface area contributed by atoms with Crippen LogP contribution in [0, 0.1) is 5.41 Å². The lowest BCUT2D eigenvalue weighted by Gasteiger charge is -2.29. The lowest BCUT2D eigenvalue weighted by Crippen LogP contribution is -2.45. The quantitative estimate of drug-likeness (QED) is 0.880. The first kappa shape index (κ1) is 13.0. The Hall–Kier alpha value is -2.04. The molecule has 106 valence electrons. The fourth-order valence-electron chi connectivity index (χ4n) is 2.64. The van der Waals surface area contributed by atoms with Crippen molar-refractivity contribution in [3.8, 4) is 0 Å². The lowest BCUT2D eigenvalue weighted by atomic mass is 10.0. The van der Waals surface area contributed by atoms with E-state index in [1.807, 2.05) is 18.2 Å². The van der Waals surface area contributed by atoms with Crippen LogP contribution in [0.25, 0.3) is 0 Å². The van der Waals surface area contributed by atoms with Gasteiger partial charge in [0.05, 0.1) is 5.41 Å². The highest BCUT2D eigenvalue weighted by atomic mass is 16.4. The molecular formula is C15H18N2O3. The SMILES string of the molecule is O=C(NCC1(C(=O)O)CC1)N1CCc2ccccc2C1. The number of urea groups is 1. The molecule has 0 aromatic heterocycles. The minimum Gasteiger partial charge on any atom is -0.481 e. The maximum Gasteiger partial charge on any atom is 0.317 e. The van der Waals surface area contributed by atoms with Crippen LogP contribution in [0.5, 0.6) is 0 Å². The molecule has 20 heavy (non-hydrogen) atoms. The summed E-state index contributed by atoms with van der Waals surface area (Å²) in [6, 6.07) is 7.96. The van der Waals surface area contributed by atoms with Crippen molar-refractivity contribution in [1.29, 1.82) is 0 Å². The van der Waals surface area contributed by atoms with Crippen molar-refractivity contribution in [2.24, 2.45) is 5.41 Å². The first-order valence-electron chi connectivity index (χ1n) is 6.94. The number of carboxylic acids is 1. The molecule has 5 heteroatoms. The monoisotopic (exact) mass is 274 g/mol. The van der Waals surface area contributed by atoms with Crippen LogP contribution in [0.15, 0.2) is 24.3 Å². The lowest BCUT2D eigenvalue weighted by molar-refractivity contribution is -0.143. The van der Waals surface area contributed by atoms with Gasteiger partial charge < -0.3 is 15.3 Å². The normalized spacial score (nSPS) is 19.1. The highest BCUT2D eigenvalue weighted by Gasteiger charge is 2.50. The maximum absolute atomic E-state index is 12.1. The number of nitrogens with zero attached hydrogens (tertiary/aromatic N) is 1. The van der Waals surface area contributed by atoms with Gasteiger partial charge in [-0.05, 0) is 30.4 Å². The summed E-state index contributed by atoms with van der Waals surface area (Å²) in [5.41, 5.74) is 1.76. The van der Waals surface area contributed by atoms with Gasteiger partial charge in [-0.3, -0.25) is 4.79 Å². The van der Waals surface area contributed by atoms with Gasteiger partial charge in [-0.15, -0.1) is 0 Å². The van der Waals surface area contributed by atoms with Gasteiger partial charge in [-0.2, -0.15) is 0 Å². The maximum atomic E-state index is 12.1. The fourth-order valence-corrected chi connectivity index (χ4v) is 2.64. The average molecular weight is 274 g/mol. The van der Waals surface area contributed by atoms with E-state index < -0.39 is 11.4 Å². The summed E-state index contributed by atoms with van der Waals surface area (Å²) in [7, 11) is 0. The topological polar surface area (TPSA) is 69.6 Å². The van der Waals surface area contributed by atoms with E-state index >= 15 is 0 Å². The highest BCUT2D eigenvalue weighted by Crippen LogP contribution is 2.45. The number of nitrogens with one attached hydrogen (secondary N) is 1. The number of fused-ring (bicyclic) bond motifs is 1. The number of hydrogen-bond donors (Lipinski definition) is 2. The smallest absolute Gasteiger partial charge is 0.317 e. The molecular weight excluding hydrogens is 256 g/mol. The molecule has 1 saturated carbocycles. The molecule has 5 nitrogen and oxygen atoms in total. The van der Waals surface area contributed by atoms with Gasteiger partial charge in [0.15, 0.2) is 0 Å². The van der Waals surface area contributed by atoms with E-state index in [9.17, 15) is 9.59 Å². The Morgan fingerprint density at radius 2 is 1.95 bits per heavy atom. The molecule has 1 aromatic rings. The van der Waals surface area contributed by atoms with E-state index in [0.29, 0.717) is 25.9 Å². The number of hydrogen-bond acceptors (Lipinski definition) is 2. The summed E-state index contributed by atoms with van der Waals surface area (Å²) >= 11 is 0. The van der Waals surface area contributed by atoms with Crippen LogP contribution in [0.4, 0.5) is 4.79 Å². The summed E-state index contributed by atoms with van der Waals surface area (Å²) in [5, 5.41) is 11.9. The first-order chi connectivity index (χ1) is 9.61. The van der Waals surface area contributed by atoms with Crippen LogP contribution in [-0.4, -0.2) is 35.1 Å². The van der Waals surface area contributed by atoms with Crippen LogP contribution in [-0.2, 0) is 17.8 Å². The number of rotatable bonds is 3. The number of aliphatic carboxylic acids is 1. The molecule has 2 N–H and O–H groups in total. The summed E-state index contributed by atoms with van der Waals surface area (Å²) in [4.78, 5) is 24.9. The third-order valence-electron chi connectivity index (χ3n) is 4.30. The third-order valence-corrected chi connectivity index (χ3v) is 4.30. The molecule has 0 unspecified atom stereocenters. The summed E-state index contributed by atoms with van der Waals surface area (Å²) in [6.45, 7) is 1.52. The van der Waals surface area contributed by atoms with Gasteiger partial charge in [-0.25, -0.2) is 4.79 Å². The first-order valence-corrected chi connectivity index (χ1v) is 6.94. The zero-order valence-electron chi connectivity index (χ0n) is 11.3. The van der Waals surface area contributed by atoms with Crippen molar-refractivity contribution in [3.63, 3.8) is 0 Å². The molecule has 0 atom stereocenters. The van der Waals surface area contributed by atoms with Crippen LogP contribution < -0.4 is 5.32 Å². The van der Waals surface area contributed by atoms with Crippen molar-refractivity contribution in [2.75, 3.05) is 13.1 Å². The number of amides is 2. The van der Waals surface area contributed by atoms with Gasteiger partial charge in [0.25, 0.3) is 0 Å². The average Bonchev–Trinajstić information content (AvgIpc) is 3.25. The second-order valence-corrected chi connectivity index (χ2v) is 5.68. The molecule has 2 aliphatic rings. The van der Waals surface area contributed by atoms with E-state index in [1.54, 1.807) is 4.90 Å². The number of carbonyl (C=O) groups excluding carboxylic acids is 1. The fraction of sp³-hybridized carbons (Fsp3) is 0.467. The minimum atomic E-state index is -0.804. The van der Waals surface area contributed by atoms with Crippen LogP contribution in [0.1, 0.15) is 24.0 Å². The Morgan fingerprint density at radius 1 is 1.25 bits per heavy atom. The van der Waals surface area contributed by atoms with E-state index in [0.717, 1.165) is 6.42 Å². The molecule has 0 radical (unpaired) electrons. The number of benzene rings is 1. The summed E-state index contributed by atoms with van der Waals surface area (Å²) in [5.74, 6) is -0.804. The Morgan fingerprint density at radius 3 is 2.60 bits per heavy atom. The molecule has 0 saturated heterocycles. The molecule has 0 bridgehead atoms. The highest BCUT2D eigenvalue weighted by molar-refractivity contribution is 5.80. The van der Waals surface area contributed by atoms with Crippen molar-refractivity contribution in [1.82, 2.24) is 10.2 Å². The van der Waals surface area contributed by atoms with Gasteiger partial charge in [0.2, 0.25) is 0 Å². The van der Waals surface area contributed by atoms with E-state index in [4.69, 9.17) is 5.11 Å². The molecule has 0 spiro atoms. The second kappa shape index (κ2) is 4.81. The van der Waals surface area contributed by atoms with Crippen molar-refractivity contribution in [3.05, 3.63) is 35.4 Å². The van der Waals surface area contributed by atoms with Gasteiger partial charge in [-0.1, -0.05) is 24.3 Å². The molecule has 1 heterocycles. The summed E-state index contributed by atoms with van der Waals surface area (Å²) < 4.78 is 0. The predicted octanol–water partition coefficient (Wildman–Crippen LogP) is 1.62. The zero-order chi connectivity index (χ0) is 14.2. The van der Waals surface area contributed by atoms with Crippen LogP contribution in [0.2, 0.25) is 0 Å². The molecule has 1 aliphatic carbocycles. The Bertz CT molecular complexity index is 552. The standard InChI is InChI=1S/C15H18N2O3/c18-13(19)15(6-7-15)10-16-14(20)17-8-5-11-3-1-2-4-12(11)9-17/h1-4H,5-10H2,(H,16,20)(H,18,19). The number of carboxylic acid groups (broad SMARTS) is 1. The molecule has 3 rings (SSSR count). The van der Waals surface area contributed by atoms with Crippen molar-refractivity contribution >= 4 is 12.0 Å². The molecule has 1 aromatic carbocycles. The van der Waals surface area contributed by atoms with E-state index in [-0.39, 0.29) is 12.6 Å². The molecule has 1 aliphatic heterocycles. The molecule has 2 amide bonds. The van der Waals surface area contributed by atoms with Gasteiger partial charge in [0, 0.05) is 19.6 Å². The van der Waals surface area contributed by atoms with Crippen molar-refractivity contribution < 1.29 is 14.7 Å². The van der Waals surface area contributed by atoms with E-state index in [1.165, 1.54) is 11.1 Å². The third kappa shape index (κ3) is 2.35. The largest absolute Gasteiger partial charge is 0.481 e. The van der Waals surface area contributed by atoms with Gasteiger partial charge >= 0.3 is 12.0 Å². The van der Waals surface area contributed by atoms with E-state index in [2.05, 4.69) is 11.4 Å². The van der Waals surface area contributed by atoms with Crippen LogP contribution >= 0.6 is 0 Å². The zero-order valence-corrected chi connectivity index (χ0v) is 11.3.